The fraction of sp³-hybridized carbons (Fsp3) is 0.682. The van der Waals surface area contributed by atoms with Gasteiger partial charge in [-0.2, -0.15) is 4.31 Å². The number of amides is 1. The van der Waals surface area contributed by atoms with Gasteiger partial charge in [0, 0.05) is 25.7 Å². The molecule has 32 heavy (non-hydrogen) atoms. The smallest absolute Gasteiger partial charge is 0.248 e. The van der Waals surface area contributed by atoms with E-state index in [2.05, 4.69) is 4.90 Å². The number of sulfonamides is 1. The highest BCUT2D eigenvalue weighted by atomic mass is 32.2. The molecule has 2 aliphatic heterocycles. The molecule has 2 fully saturated rings. The van der Waals surface area contributed by atoms with Crippen LogP contribution >= 0.6 is 0 Å². The average molecular weight is 470 g/mol. The quantitative estimate of drug-likeness (QED) is 0.558. The van der Waals surface area contributed by atoms with Crippen LogP contribution in [0.25, 0.3) is 0 Å². The highest BCUT2D eigenvalue weighted by Gasteiger charge is 2.36. The number of rotatable bonds is 8. The highest BCUT2D eigenvalue weighted by Crippen LogP contribution is 2.30. The molecule has 9 nitrogen and oxygen atoms in total. The maximum Gasteiger partial charge on any atom is 0.248 e. The lowest BCUT2D eigenvalue weighted by Gasteiger charge is -2.35. The normalized spacial score (nSPS) is 22.5. The van der Waals surface area contributed by atoms with Crippen LogP contribution in [0.4, 0.5) is 0 Å². The predicted octanol–water partition coefficient (Wildman–Crippen LogP) is 0.881. The third-order valence-electron chi connectivity index (χ3n) is 6.19. The minimum Gasteiger partial charge on any atom is -0.497 e. The number of aryl methyl sites for hydroxylation is 2. The molecule has 0 spiro atoms. The van der Waals surface area contributed by atoms with Gasteiger partial charge in [0.1, 0.15) is 12.4 Å². The van der Waals surface area contributed by atoms with Crippen LogP contribution in [0.2, 0.25) is 0 Å². The number of nitrogens with zero attached hydrogens (tertiary/aromatic N) is 3. The molecule has 0 aromatic heterocycles. The summed E-state index contributed by atoms with van der Waals surface area (Å²) >= 11 is 0. The second-order valence-corrected chi connectivity index (χ2v) is 10.5. The van der Waals surface area contributed by atoms with Crippen LogP contribution in [0.3, 0.4) is 0 Å². The largest absolute Gasteiger partial charge is 0.497 e. The number of methoxy groups -OCH3 is 1. The second-order valence-electron chi connectivity index (χ2n) is 8.70. The van der Waals surface area contributed by atoms with Crippen molar-refractivity contribution in [3.8, 4) is 5.75 Å². The fourth-order valence-electron chi connectivity index (χ4n) is 4.40. The van der Waals surface area contributed by atoms with Gasteiger partial charge in [-0.05, 0) is 57.6 Å². The molecule has 0 N–H and O–H groups in total. The first-order valence-corrected chi connectivity index (χ1v) is 12.4. The van der Waals surface area contributed by atoms with Crippen molar-refractivity contribution in [2.24, 2.45) is 0 Å². The van der Waals surface area contributed by atoms with Crippen molar-refractivity contribution in [1.82, 2.24) is 14.1 Å². The van der Waals surface area contributed by atoms with Crippen LogP contribution in [0.1, 0.15) is 17.5 Å². The van der Waals surface area contributed by atoms with Crippen molar-refractivity contribution < 1.29 is 27.4 Å². The summed E-state index contributed by atoms with van der Waals surface area (Å²) in [6.07, 6.45) is 0.946. The van der Waals surface area contributed by atoms with Gasteiger partial charge < -0.3 is 24.0 Å². The van der Waals surface area contributed by atoms with Crippen molar-refractivity contribution in [1.29, 1.82) is 0 Å². The first-order valence-electron chi connectivity index (χ1n) is 10.9. The van der Waals surface area contributed by atoms with Gasteiger partial charge >= 0.3 is 0 Å². The van der Waals surface area contributed by atoms with E-state index in [0.717, 1.165) is 6.42 Å². The summed E-state index contributed by atoms with van der Waals surface area (Å²) in [5.41, 5.74) is 1.26. The molecule has 0 aliphatic carbocycles. The Morgan fingerprint density at radius 2 is 1.91 bits per heavy atom. The van der Waals surface area contributed by atoms with Gasteiger partial charge in [0.25, 0.3) is 0 Å². The predicted molar refractivity (Wildman–Crippen MR) is 120 cm³/mol. The Morgan fingerprint density at radius 1 is 1.22 bits per heavy atom. The zero-order chi connectivity index (χ0) is 23.5. The van der Waals surface area contributed by atoms with Gasteiger partial charge in [0.2, 0.25) is 15.9 Å². The molecule has 10 heteroatoms. The number of hydrogen-bond acceptors (Lipinski definition) is 7. The molecule has 2 heterocycles. The van der Waals surface area contributed by atoms with Crippen molar-refractivity contribution in [3.05, 3.63) is 23.3 Å². The van der Waals surface area contributed by atoms with Gasteiger partial charge in [0.15, 0.2) is 0 Å². The van der Waals surface area contributed by atoms with Crippen LogP contribution in [0.15, 0.2) is 17.0 Å². The molecule has 0 radical (unpaired) electrons. The van der Waals surface area contributed by atoms with E-state index < -0.39 is 16.1 Å². The number of likely N-dealkylation sites (tertiary alicyclic amines) is 1. The van der Waals surface area contributed by atoms with E-state index in [9.17, 15) is 13.2 Å². The summed E-state index contributed by atoms with van der Waals surface area (Å²) in [7, 11) is 1.82. The highest BCUT2D eigenvalue weighted by molar-refractivity contribution is 7.89. The summed E-state index contributed by atoms with van der Waals surface area (Å²) in [6.45, 7) is 5.78. The van der Waals surface area contributed by atoms with E-state index in [1.165, 1.54) is 4.31 Å². The molecule has 1 amide bonds. The van der Waals surface area contributed by atoms with Crippen molar-refractivity contribution in [2.75, 3.05) is 67.3 Å². The Morgan fingerprint density at radius 3 is 2.50 bits per heavy atom. The van der Waals surface area contributed by atoms with Gasteiger partial charge in [-0.15, -0.1) is 0 Å². The Labute approximate surface area is 191 Å². The summed E-state index contributed by atoms with van der Waals surface area (Å²) in [5, 5.41) is 0. The van der Waals surface area contributed by atoms with Crippen molar-refractivity contribution in [2.45, 2.75) is 37.2 Å². The topological polar surface area (TPSA) is 88.6 Å². The van der Waals surface area contributed by atoms with Crippen molar-refractivity contribution in [3.63, 3.8) is 0 Å². The molecular weight excluding hydrogens is 434 g/mol. The number of benzene rings is 1. The van der Waals surface area contributed by atoms with Crippen molar-refractivity contribution >= 4 is 15.9 Å². The average Bonchev–Trinajstić information content (AvgIpc) is 3.24. The van der Waals surface area contributed by atoms with Gasteiger partial charge in [-0.1, -0.05) is 0 Å². The molecule has 180 valence electrons. The lowest BCUT2D eigenvalue weighted by Crippen LogP contribution is -2.51. The molecule has 3 rings (SSSR count). The first-order chi connectivity index (χ1) is 15.1. The number of ether oxygens (including phenoxy) is 3. The molecule has 1 unspecified atom stereocenters. The molecule has 2 saturated heterocycles. The van der Waals surface area contributed by atoms with E-state index in [1.54, 1.807) is 38.0 Å². The molecule has 2 atom stereocenters. The molecule has 1 aromatic carbocycles. The van der Waals surface area contributed by atoms with E-state index in [4.69, 9.17) is 14.2 Å². The standard InChI is InChI=1S/C22H35N3O6S/c1-16-10-20(29-5)11-17(2)22(16)32(27,28)25-8-9-30-13-19(25)14-31-15-21(26)24-7-6-18(12-24)23(3)4/h10-11,18-19H,6-9,12-15H2,1-5H3/t18?,19-/m0/s1. The third-order valence-corrected chi connectivity index (χ3v) is 8.45. The lowest BCUT2D eigenvalue weighted by molar-refractivity contribution is -0.136. The Balaban J connectivity index is 1.65. The van der Waals surface area contributed by atoms with Crippen LogP contribution in [0.5, 0.6) is 5.75 Å². The summed E-state index contributed by atoms with van der Waals surface area (Å²) in [5.74, 6) is 0.556. The molecule has 2 aliphatic rings. The zero-order valence-corrected chi connectivity index (χ0v) is 20.5. The molecular formula is C22H35N3O6S. The number of morpholine rings is 1. The van der Waals surface area contributed by atoms with Gasteiger partial charge in [-0.3, -0.25) is 4.79 Å². The first kappa shape index (κ1) is 24.9. The number of carbonyl (C=O) groups excluding carboxylic acids is 1. The number of carbonyl (C=O) groups is 1. The van der Waals surface area contributed by atoms with E-state index in [0.29, 0.717) is 42.6 Å². The number of hydrogen-bond donors (Lipinski definition) is 0. The lowest BCUT2D eigenvalue weighted by atomic mass is 10.1. The monoisotopic (exact) mass is 469 g/mol. The Kier molecular flexibility index (Phi) is 8.16. The van der Waals surface area contributed by atoms with E-state index >= 15 is 0 Å². The summed E-state index contributed by atoms with van der Waals surface area (Å²) in [6, 6.07) is 3.32. The number of likely N-dealkylation sites (N-methyl/N-ethyl adjacent to an activating group) is 1. The van der Waals surface area contributed by atoms with Crippen LogP contribution in [0, 0.1) is 13.8 Å². The summed E-state index contributed by atoms with van der Waals surface area (Å²) < 4.78 is 45.0. The molecule has 1 aromatic rings. The van der Waals surface area contributed by atoms with Crippen LogP contribution in [-0.2, 0) is 24.3 Å². The van der Waals surface area contributed by atoms with E-state index in [1.807, 2.05) is 14.1 Å². The zero-order valence-electron chi connectivity index (χ0n) is 19.7. The fourth-order valence-corrected chi connectivity index (χ4v) is 6.40. The van der Waals surface area contributed by atoms with Crippen LogP contribution in [-0.4, -0.2) is 108 Å². The third kappa shape index (κ3) is 5.43. The SMILES string of the molecule is COc1cc(C)c(S(=O)(=O)N2CCOC[C@H]2COCC(=O)N2CCC(N(C)C)C2)c(C)c1. The molecule has 0 bridgehead atoms. The van der Waals surface area contributed by atoms with E-state index in [-0.39, 0.29) is 37.2 Å². The maximum absolute atomic E-state index is 13.5. The maximum atomic E-state index is 13.5. The Bertz CT molecular complexity index is 897. The minimum absolute atomic E-state index is 0.0644. The molecule has 0 saturated carbocycles. The minimum atomic E-state index is -3.76. The van der Waals surface area contributed by atoms with Gasteiger partial charge in [-0.25, -0.2) is 8.42 Å². The Hall–Kier alpha value is -1.72. The summed E-state index contributed by atoms with van der Waals surface area (Å²) in [4.78, 5) is 16.7. The van der Waals surface area contributed by atoms with Crippen LogP contribution < -0.4 is 4.74 Å². The second kappa shape index (κ2) is 10.5. The van der Waals surface area contributed by atoms with Gasteiger partial charge in [0.05, 0.1) is 37.9 Å².